The van der Waals surface area contributed by atoms with Gasteiger partial charge >= 0.3 is 5.97 Å². The maximum atomic E-state index is 12.1. The first-order valence-corrected chi connectivity index (χ1v) is 14.4. The number of aryl methyl sites for hydroxylation is 2. The van der Waals surface area contributed by atoms with Crippen LogP contribution in [-0.2, 0) is 17.6 Å². The maximum absolute atomic E-state index is 12.1. The fourth-order valence-electron chi connectivity index (χ4n) is 4.01. The number of thiophene rings is 1. The number of thiazole rings is 1. The molecule has 2 N–H and O–H groups in total. The van der Waals surface area contributed by atoms with Gasteiger partial charge in [0.2, 0.25) is 0 Å². The second-order valence-electron chi connectivity index (χ2n) is 9.27. The van der Waals surface area contributed by atoms with E-state index in [4.69, 9.17) is 14.5 Å². The van der Waals surface area contributed by atoms with Gasteiger partial charge in [0.1, 0.15) is 23.7 Å². The van der Waals surface area contributed by atoms with Crippen molar-refractivity contribution in [1.29, 1.82) is 0 Å². The summed E-state index contributed by atoms with van der Waals surface area (Å²) < 4.78 is 11.0. The number of anilines is 2. The molecule has 200 valence electrons. The van der Waals surface area contributed by atoms with E-state index in [1.807, 2.05) is 29.6 Å². The van der Waals surface area contributed by atoms with Crippen molar-refractivity contribution in [2.24, 2.45) is 5.92 Å². The van der Waals surface area contributed by atoms with Crippen LogP contribution in [0.1, 0.15) is 48.0 Å². The molecule has 0 spiro atoms. The highest BCUT2D eigenvalue weighted by Gasteiger charge is 2.19. The third kappa shape index (κ3) is 6.78. The largest absolute Gasteiger partial charge is 0.491 e. The lowest BCUT2D eigenvalue weighted by atomic mass is 10.0. The van der Waals surface area contributed by atoms with E-state index in [-0.39, 0.29) is 11.4 Å². The summed E-state index contributed by atoms with van der Waals surface area (Å²) in [6, 6.07) is 11.7. The summed E-state index contributed by atoms with van der Waals surface area (Å²) >= 11 is 3.09. The van der Waals surface area contributed by atoms with Gasteiger partial charge in [0, 0.05) is 34.2 Å². The smallest absolute Gasteiger partial charge is 0.339 e. The van der Waals surface area contributed by atoms with E-state index < -0.39 is 5.97 Å². The first kappa shape index (κ1) is 27.8. The number of aromatic carboxylic acids is 1. The number of carbonyl (C=O) groups is 1. The highest BCUT2D eigenvalue weighted by atomic mass is 32.1. The van der Waals surface area contributed by atoms with E-state index in [9.17, 15) is 9.90 Å². The topological polar surface area (TPSA) is 93.6 Å². The predicted octanol–water partition coefficient (Wildman–Crippen LogP) is 7.55. The number of rotatable bonds is 13. The number of nitrogens with zero attached hydrogens (tertiary/aromatic N) is 2. The number of nitrogens with one attached hydrogen (secondary N) is 1. The van der Waals surface area contributed by atoms with Crippen LogP contribution in [0.3, 0.4) is 0 Å². The van der Waals surface area contributed by atoms with Crippen LogP contribution in [0.5, 0.6) is 5.75 Å². The lowest BCUT2D eigenvalue weighted by Gasteiger charge is -2.12. The molecule has 3 heterocycles. The molecular formula is C29H33N3O4S2. The molecule has 0 aliphatic carbocycles. The van der Waals surface area contributed by atoms with E-state index in [2.05, 4.69) is 37.1 Å². The van der Waals surface area contributed by atoms with Gasteiger partial charge < -0.3 is 19.9 Å². The van der Waals surface area contributed by atoms with Crippen LogP contribution in [0, 0.1) is 5.92 Å². The van der Waals surface area contributed by atoms with Gasteiger partial charge in [-0.2, -0.15) is 0 Å². The number of benzene rings is 1. The molecule has 0 aliphatic heterocycles. The molecule has 0 atom stereocenters. The molecular weight excluding hydrogens is 518 g/mol. The van der Waals surface area contributed by atoms with Gasteiger partial charge in [-0.15, -0.1) is 22.7 Å². The summed E-state index contributed by atoms with van der Waals surface area (Å²) in [5, 5.41) is 15.7. The molecule has 9 heteroatoms. The number of hydrogen-bond donors (Lipinski definition) is 2. The zero-order valence-electron chi connectivity index (χ0n) is 22.1. The minimum absolute atomic E-state index is 0.113. The van der Waals surface area contributed by atoms with Crippen molar-refractivity contribution < 1.29 is 19.4 Å². The molecule has 3 aromatic heterocycles. The van der Waals surface area contributed by atoms with Gasteiger partial charge in [-0.1, -0.05) is 26.8 Å². The highest BCUT2D eigenvalue weighted by molar-refractivity contribution is 7.16. The van der Waals surface area contributed by atoms with Gasteiger partial charge in [0.25, 0.3) is 0 Å². The average Bonchev–Trinajstić information content (AvgIpc) is 3.58. The number of hydrogen-bond acceptors (Lipinski definition) is 8. The van der Waals surface area contributed by atoms with Crippen LogP contribution in [0.25, 0.3) is 21.7 Å². The lowest BCUT2D eigenvalue weighted by Crippen LogP contribution is -2.06. The van der Waals surface area contributed by atoms with Crippen molar-refractivity contribution in [1.82, 2.24) is 9.97 Å². The molecule has 7 nitrogen and oxygen atoms in total. The van der Waals surface area contributed by atoms with Crippen LogP contribution < -0.4 is 10.1 Å². The second-order valence-corrected chi connectivity index (χ2v) is 11.3. The Labute approximate surface area is 231 Å². The fraction of sp³-hybridized carbons (Fsp3) is 0.345. The first-order chi connectivity index (χ1) is 18.4. The second kappa shape index (κ2) is 13.0. The molecule has 0 amide bonds. The van der Waals surface area contributed by atoms with E-state index in [1.165, 1.54) is 0 Å². The van der Waals surface area contributed by atoms with Gasteiger partial charge in [0.05, 0.1) is 12.3 Å². The minimum atomic E-state index is -1.04. The highest BCUT2D eigenvalue weighted by Crippen LogP contribution is 2.37. The molecule has 0 saturated carbocycles. The third-order valence-corrected chi connectivity index (χ3v) is 8.00. The fourth-order valence-corrected chi connectivity index (χ4v) is 5.71. The quantitative estimate of drug-likeness (QED) is 0.166. The normalized spacial score (nSPS) is 11.2. The standard InChI is InChI=1S/C29H33N3O4S2/c1-5-19-15-20(9-10-23(19)36-13-12-35-4)26-25(11-8-18(2)3)38-29(31-26)32-27-22(28(33)34)16-21(17-30-27)24-7-6-14-37-24/h6-7,9-10,14-18H,5,8,11-13H2,1-4H3,(H,33,34)(H,30,31,32). The molecule has 0 bridgehead atoms. The van der Waals surface area contributed by atoms with Gasteiger partial charge in [-0.05, 0) is 66.5 Å². The molecule has 38 heavy (non-hydrogen) atoms. The Morgan fingerprint density at radius 2 is 2.00 bits per heavy atom. The van der Waals surface area contributed by atoms with E-state index in [0.717, 1.165) is 57.2 Å². The van der Waals surface area contributed by atoms with Crippen molar-refractivity contribution >= 4 is 39.6 Å². The number of ether oxygens (including phenoxy) is 2. The summed E-state index contributed by atoms with van der Waals surface area (Å²) in [6.45, 7) is 7.55. The Bertz CT molecular complexity index is 1370. The third-order valence-electron chi connectivity index (χ3n) is 6.06. The number of carboxylic acids is 1. The zero-order chi connectivity index (χ0) is 27.1. The monoisotopic (exact) mass is 551 g/mol. The molecule has 4 aromatic rings. The Hall–Kier alpha value is -3.27. The Morgan fingerprint density at radius 3 is 2.68 bits per heavy atom. The number of pyridine rings is 1. The molecule has 0 aliphatic rings. The summed E-state index contributed by atoms with van der Waals surface area (Å²) in [5.74, 6) is 0.650. The molecule has 0 radical (unpaired) electrons. The summed E-state index contributed by atoms with van der Waals surface area (Å²) in [6.07, 6.45) is 4.44. The maximum Gasteiger partial charge on any atom is 0.339 e. The van der Waals surface area contributed by atoms with Gasteiger partial charge in [0.15, 0.2) is 5.13 Å². The average molecular weight is 552 g/mol. The van der Waals surface area contributed by atoms with Crippen molar-refractivity contribution in [2.45, 2.75) is 40.0 Å². The molecule has 0 fully saturated rings. The van der Waals surface area contributed by atoms with Gasteiger partial charge in [-0.25, -0.2) is 14.8 Å². The Kier molecular flexibility index (Phi) is 9.49. The van der Waals surface area contributed by atoms with Crippen molar-refractivity contribution in [2.75, 3.05) is 25.6 Å². The van der Waals surface area contributed by atoms with Crippen molar-refractivity contribution in [3.05, 3.63) is 64.0 Å². The predicted molar refractivity (Wildman–Crippen MR) is 155 cm³/mol. The Morgan fingerprint density at radius 1 is 1.16 bits per heavy atom. The summed E-state index contributed by atoms with van der Waals surface area (Å²) in [5.41, 5.74) is 3.92. The summed E-state index contributed by atoms with van der Waals surface area (Å²) in [7, 11) is 1.66. The lowest BCUT2D eigenvalue weighted by molar-refractivity contribution is 0.0697. The van der Waals surface area contributed by atoms with Crippen LogP contribution in [-0.4, -0.2) is 41.4 Å². The molecule has 0 saturated heterocycles. The zero-order valence-corrected chi connectivity index (χ0v) is 23.7. The van der Waals surface area contributed by atoms with Crippen LogP contribution >= 0.6 is 22.7 Å². The van der Waals surface area contributed by atoms with Gasteiger partial charge in [-0.3, -0.25) is 0 Å². The SMILES string of the molecule is CCc1cc(-c2nc(Nc3ncc(-c4cccs4)cc3C(=O)O)sc2CCC(C)C)ccc1OCCOC. The number of methoxy groups -OCH3 is 1. The van der Waals surface area contributed by atoms with Crippen LogP contribution in [0.15, 0.2) is 48.0 Å². The van der Waals surface area contributed by atoms with E-state index in [0.29, 0.717) is 24.3 Å². The molecule has 4 rings (SSSR count). The molecule has 0 unspecified atom stereocenters. The minimum Gasteiger partial charge on any atom is -0.491 e. The van der Waals surface area contributed by atoms with E-state index >= 15 is 0 Å². The molecule has 1 aromatic carbocycles. The van der Waals surface area contributed by atoms with Crippen LogP contribution in [0.2, 0.25) is 0 Å². The number of aromatic nitrogens is 2. The number of carboxylic acid groups (broad SMARTS) is 1. The summed E-state index contributed by atoms with van der Waals surface area (Å²) in [4.78, 5) is 23.6. The van der Waals surface area contributed by atoms with E-state index in [1.54, 1.807) is 42.0 Å². The van der Waals surface area contributed by atoms with Crippen molar-refractivity contribution in [3.8, 4) is 27.4 Å². The first-order valence-electron chi connectivity index (χ1n) is 12.7. The van der Waals surface area contributed by atoms with Crippen molar-refractivity contribution in [3.63, 3.8) is 0 Å². The van der Waals surface area contributed by atoms with Crippen LogP contribution in [0.4, 0.5) is 10.9 Å². The Balaban J connectivity index is 1.67.